The van der Waals surface area contributed by atoms with Crippen LogP contribution in [0.3, 0.4) is 0 Å². The highest BCUT2D eigenvalue weighted by molar-refractivity contribution is 8.15. The van der Waals surface area contributed by atoms with Crippen molar-refractivity contribution in [2.45, 2.75) is 24.8 Å². The third kappa shape index (κ3) is 5.46. The van der Waals surface area contributed by atoms with Crippen molar-refractivity contribution in [3.63, 3.8) is 0 Å². The minimum atomic E-state index is -0.612. The van der Waals surface area contributed by atoms with Crippen LogP contribution in [0.4, 0.5) is 10.1 Å². The normalized spacial score (nSPS) is 17.7. The first kappa shape index (κ1) is 22.9. The van der Waals surface area contributed by atoms with Crippen molar-refractivity contribution in [2.24, 2.45) is 4.99 Å². The molecule has 1 unspecified atom stereocenters. The minimum Gasteiger partial charge on any atom is -0.454 e. The Kier molecular flexibility index (Phi) is 6.67. The Morgan fingerprint density at radius 2 is 1.80 bits per heavy atom. The van der Waals surface area contributed by atoms with Gasteiger partial charge in [-0.25, -0.2) is 9.38 Å². The molecule has 0 saturated carbocycles. The summed E-state index contributed by atoms with van der Waals surface area (Å²) in [4.78, 5) is 32.1. The molecule has 1 atom stereocenters. The van der Waals surface area contributed by atoms with E-state index in [-0.39, 0.29) is 37.4 Å². The number of carbonyl (C=O) groups is 2. The molecule has 2 aliphatic heterocycles. The molecule has 0 aliphatic carbocycles. The Bertz CT molecular complexity index is 1270. The smallest absolute Gasteiger partial charge is 0.242 e. The number of amidine groups is 1. The zero-order valence-electron chi connectivity index (χ0n) is 18.6. The number of hydrogen-bond donors (Lipinski definition) is 1. The SMILES string of the molecule is O=C(CC1SC(=Nc2ccc(F)cc2)N(Cc2ccc3c(c2)OCO3)C1=O)NCc1ccccc1. The second kappa shape index (κ2) is 10.2. The first-order valence-electron chi connectivity index (χ1n) is 11.1. The van der Waals surface area contributed by atoms with Crippen LogP contribution in [0.1, 0.15) is 17.5 Å². The Morgan fingerprint density at radius 3 is 2.60 bits per heavy atom. The number of benzene rings is 3. The van der Waals surface area contributed by atoms with Gasteiger partial charge in [-0.3, -0.25) is 14.5 Å². The predicted molar refractivity (Wildman–Crippen MR) is 131 cm³/mol. The lowest BCUT2D eigenvalue weighted by atomic mass is 10.1. The molecule has 0 aromatic heterocycles. The summed E-state index contributed by atoms with van der Waals surface area (Å²) in [7, 11) is 0. The van der Waals surface area contributed by atoms with Crippen LogP contribution in [0.2, 0.25) is 0 Å². The van der Waals surface area contributed by atoms with Gasteiger partial charge in [0.2, 0.25) is 18.6 Å². The number of halogens is 1. The predicted octanol–water partition coefficient (Wildman–Crippen LogP) is 4.39. The lowest BCUT2D eigenvalue weighted by Gasteiger charge is -2.17. The van der Waals surface area contributed by atoms with E-state index in [0.29, 0.717) is 28.9 Å². The second-order valence-corrected chi connectivity index (χ2v) is 9.23. The highest BCUT2D eigenvalue weighted by atomic mass is 32.2. The molecule has 1 fully saturated rings. The molecule has 9 heteroatoms. The quantitative estimate of drug-likeness (QED) is 0.530. The van der Waals surface area contributed by atoms with Gasteiger partial charge in [-0.1, -0.05) is 48.2 Å². The van der Waals surface area contributed by atoms with E-state index >= 15 is 0 Å². The van der Waals surface area contributed by atoms with E-state index < -0.39 is 5.25 Å². The molecular formula is C26H22FN3O4S. The van der Waals surface area contributed by atoms with Crippen molar-refractivity contribution >= 4 is 34.4 Å². The summed E-state index contributed by atoms with van der Waals surface area (Å²) in [6.07, 6.45) is 0.0242. The summed E-state index contributed by atoms with van der Waals surface area (Å²) in [6.45, 7) is 0.808. The number of carbonyl (C=O) groups excluding carboxylic acids is 2. The molecule has 3 aromatic rings. The number of nitrogens with zero attached hydrogens (tertiary/aromatic N) is 2. The number of fused-ring (bicyclic) bond motifs is 1. The zero-order chi connectivity index (χ0) is 24.2. The van der Waals surface area contributed by atoms with Crippen molar-refractivity contribution in [3.05, 3.63) is 89.7 Å². The Balaban J connectivity index is 1.33. The molecule has 5 rings (SSSR count). The first-order valence-corrected chi connectivity index (χ1v) is 11.9. The van der Waals surface area contributed by atoms with Gasteiger partial charge in [0.15, 0.2) is 16.7 Å². The zero-order valence-corrected chi connectivity index (χ0v) is 19.5. The third-order valence-electron chi connectivity index (χ3n) is 5.55. The van der Waals surface area contributed by atoms with Gasteiger partial charge in [0, 0.05) is 13.0 Å². The molecular weight excluding hydrogens is 469 g/mol. The van der Waals surface area contributed by atoms with E-state index in [1.807, 2.05) is 42.5 Å². The number of rotatable bonds is 7. The van der Waals surface area contributed by atoms with Gasteiger partial charge >= 0.3 is 0 Å². The molecule has 7 nitrogen and oxygen atoms in total. The van der Waals surface area contributed by atoms with Crippen LogP contribution in [0.25, 0.3) is 0 Å². The van der Waals surface area contributed by atoms with Gasteiger partial charge in [-0.15, -0.1) is 0 Å². The summed E-state index contributed by atoms with van der Waals surface area (Å²) in [5, 5.41) is 2.72. The molecule has 178 valence electrons. The molecule has 2 heterocycles. The molecule has 2 amide bonds. The largest absolute Gasteiger partial charge is 0.454 e. The maximum atomic E-state index is 13.4. The van der Waals surface area contributed by atoms with Crippen molar-refractivity contribution in [1.82, 2.24) is 10.2 Å². The second-order valence-electron chi connectivity index (χ2n) is 8.06. The summed E-state index contributed by atoms with van der Waals surface area (Å²) in [5.41, 5.74) is 2.34. The van der Waals surface area contributed by atoms with Crippen LogP contribution in [0.15, 0.2) is 77.8 Å². The third-order valence-corrected chi connectivity index (χ3v) is 6.73. The number of nitrogens with one attached hydrogen (secondary N) is 1. The standard InChI is InChI=1S/C26H22FN3O4S/c27-19-7-9-20(10-8-19)29-26-30(15-18-6-11-21-22(12-18)34-16-33-21)25(32)23(35-26)13-24(31)28-14-17-4-2-1-3-5-17/h1-12,23H,13-16H2,(H,28,31). The molecule has 35 heavy (non-hydrogen) atoms. The van der Waals surface area contributed by atoms with E-state index in [9.17, 15) is 14.0 Å². The molecule has 0 radical (unpaired) electrons. The highest BCUT2D eigenvalue weighted by Crippen LogP contribution is 2.36. The van der Waals surface area contributed by atoms with E-state index in [1.165, 1.54) is 23.9 Å². The number of hydrogen-bond acceptors (Lipinski definition) is 6. The molecule has 0 spiro atoms. The van der Waals surface area contributed by atoms with Gasteiger partial charge in [-0.05, 0) is 47.5 Å². The van der Waals surface area contributed by atoms with Crippen LogP contribution in [-0.2, 0) is 22.7 Å². The topological polar surface area (TPSA) is 80.2 Å². The molecule has 1 saturated heterocycles. The fourth-order valence-electron chi connectivity index (χ4n) is 3.76. The Morgan fingerprint density at radius 1 is 1.03 bits per heavy atom. The van der Waals surface area contributed by atoms with Crippen molar-refractivity contribution in [1.29, 1.82) is 0 Å². The van der Waals surface area contributed by atoms with Crippen LogP contribution in [0.5, 0.6) is 11.5 Å². The summed E-state index contributed by atoms with van der Waals surface area (Å²) in [5.74, 6) is 0.489. The van der Waals surface area contributed by atoms with Crippen LogP contribution >= 0.6 is 11.8 Å². The van der Waals surface area contributed by atoms with Crippen molar-refractivity contribution in [2.75, 3.05) is 6.79 Å². The fourth-order valence-corrected chi connectivity index (χ4v) is 4.91. The van der Waals surface area contributed by atoms with Crippen LogP contribution in [-0.4, -0.2) is 33.9 Å². The molecule has 1 N–H and O–H groups in total. The first-order chi connectivity index (χ1) is 17.0. The van der Waals surface area contributed by atoms with Crippen LogP contribution < -0.4 is 14.8 Å². The van der Waals surface area contributed by atoms with Gasteiger partial charge in [-0.2, -0.15) is 0 Å². The maximum Gasteiger partial charge on any atom is 0.242 e. The van der Waals surface area contributed by atoms with Crippen molar-refractivity contribution in [3.8, 4) is 11.5 Å². The van der Waals surface area contributed by atoms with E-state index in [0.717, 1.165) is 11.1 Å². The number of thioether (sulfide) groups is 1. The van der Waals surface area contributed by atoms with E-state index in [4.69, 9.17) is 9.47 Å². The van der Waals surface area contributed by atoms with Crippen molar-refractivity contribution < 1.29 is 23.5 Å². The average Bonchev–Trinajstić information content (AvgIpc) is 3.45. The lowest BCUT2D eigenvalue weighted by molar-refractivity contribution is -0.129. The lowest BCUT2D eigenvalue weighted by Crippen LogP contribution is -2.34. The maximum absolute atomic E-state index is 13.4. The Labute approximate surface area is 205 Å². The highest BCUT2D eigenvalue weighted by Gasteiger charge is 2.39. The number of ether oxygens (including phenoxy) is 2. The summed E-state index contributed by atoms with van der Waals surface area (Å²) in [6, 6.07) is 20.8. The van der Waals surface area contributed by atoms with Gasteiger partial charge in [0.05, 0.1) is 12.2 Å². The number of aliphatic imine (C=N–C) groups is 1. The number of amides is 2. The monoisotopic (exact) mass is 491 g/mol. The minimum absolute atomic E-state index is 0.0242. The summed E-state index contributed by atoms with van der Waals surface area (Å²) >= 11 is 1.24. The molecule has 0 bridgehead atoms. The summed E-state index contributed by atoms with van der Waals surface area (Å²) < 4.78 is 24.2. The van der Waals surface area contributed by atoms with Gasteiger partial charge in [0.1, 0.15) is 11.1 Å². The van der Waals surface area contributed by atoms with Gasteiger partial charge < -0.3 is 14.8 Å². The fraction of sp³-hybridized carbons (Fsp3) is 0.192. The molecule has 3 aromatic carbocycles. The van der Waals surface area contributed by atoms with Crippen LogP contribution in [0, 0.1) is 5.82 Å². The average molecular weight is 492 g/mol. The van der Waals surface area contributed by atoms with E-state index in [2.05, 4.69) is 10.3 Å². The Hall–Kier alpha value is -3.85. The molecule has 2 aliphatic rings. The van der Waals surface area contributed by atoms with E-state index in [1.54, 1.807) is 23.1 Å². The van der Waals surface area contributed by atoms with Gasteiger partial charge in [0.25, 0.3) is 0 Å².